The van der Waals surface area contributed by atoms with Gasteiger partial charge in [-0.1, -0.05) is 18.6 Å². The van der Waals surface area contributed by atoms with E-state index in [1.807, 2.05) is 6.07 Å². The monoisotopic (exact) mass is 234 g/mol. The van der Waals surface area contributed by atoms with Crippen LogP contribution >= 0.6 is 0 Å². The van der Waals surface area contributed by atoms with E-state index in [2.05, 4.69) is 0 Å². The van der Waals surface area contributed by atoms with Gasteiger partial charge in [-0.25, -0.2) is 0 Å². The summed E-state index contributed by atoms with van der Waals surface area (Å²) in [4.78, 5) is 11.2. The van der Waals surface area contributed by atoms with Crippen molar-refractivity contribution >= 4 is 5.78 Å². The second-order valence-corrected chi connectivity index (χ2v) is 4.59. The number of ketones is 1. The molecule has 0 saturated heterocycles. The van der Waals surface area contributed by atoms with Gasteiger partial charge < -0.3 is 9.84 Å². The molecule has 1 aromatic carbocycles. The van der Waals surface area contributed by atoms with Crippen LogP contribution in [0.1, 0.15) is 43.0 Å². The first-order valence-electron chi connectivity index (χ1n) is 6.12. The number of benzene rings is 1. The molecule has 92 valence electrons. The molecule has 0 heterocycles. The predicted octanol–water partition coefficient (Wildman–Crippen LogP) is 2.57. The van der Waals surface area contributed by atoms with E-state index in [0.717, 1.165) is 25.7 Å². The summed E-state index contributed by atoms with van der Waals surface area (Å²) >= 11 is 0. The number of Topliss-reactive ketones (excluding diaryl/α,β-unsaturated/α-hetero) is 1. The van der Waals surface area contributed by atoms with Crippen LogP contribution < -0.4 is 4.74 Å². The third-order valence-corrected chi connectivity index (χ3v) is 3.20. The lowest BCUT2D eigenvalue weighted by Crippen LogP contribution is -2.34. The lowest BCUT2D eigenvalue weighted by atomic mass is 9.95. The Bertz CT molecular complexity index is 400. The van der Waals surface area contributed by atoms with Gasteiger partial charge in [0.15, 0.2) is 5.78 Å². The Hall–Kier alpha value is -1.35. The van der Waals surface area contributed by atoms with Crippen LogP contribution in [0.4, 0.5) is 0 Å². The first kappa shape index (κ1) is 12.1. The third kappa shape index (κ3) is 3.07. The summed E-state index contributed by atoms with van der Waals surface area (Å²) in [7, 11) is 0. The van der Waals surface area contributed by atoms with Crippen LogP contribution in [-0.2, 0) is 0 Å². The maximum absolute atomic E-state index is 11.2. The molecule has 1 aromatic rings. The molecule has 1 aliphatic rings. The first-order chi connectivity index (χ1) is 8.16. The summed E-state index contributed by atoms with van der Waals surface area (Å²) in [6, 6.07) is 7.14. The van der Waals surface area contributed by atoms with E-state index < -0.39 is 0 Å². The van der Waals surface area contributed by atoms with Gasteiger partial charge >= 0.3 is 0 Å². The minimum Gasteiger partial charge on any atom is -0.488 e. The molecule has 0 unspecified atom stereocenters. The summed E-state index contributed by atoms with van der Waals surface area (Å²) in [5.74, 6) is 0.697. The van der Waals surface area contributed by atoms with Gasteiger partial charge in [-0.3, -0.25) is 4.79 Å². The van der Waals surface area contributed by atoms with Gasteiger partial charge in [0.2, 0.25) is 0 Å². The molecule has 3 nitrogen and oxygen atoms in total. The Morgan fingerprint density at radius 3 is 2.82 bits per heavy atom. The van der Waals surface area contributed by atoms with Gasteiger partial charge in [0.25, 0.3) is 0 Å². The van der Waals surface area contributed by atoms with Crippen molar-refractivity contribution in [2.45, 2.75) is 44.8 Å². The zero-order valence-corrected chi connectivity index (χ0v) is 10.1. The molecule has 0 aliphatic heterocycles. The number of rotatable bonds is 3. The molecule has 1 N–H and O–H groups in total. The number of aliphatic hydroxyl groups excluding tert-OH is 1. The first-order valence-corrected chi connectivity index (χ1v) is 6.12. The third-order valence-electron chi connectivity index (χ3n) is 3.20. The molecule has 0 radical (unpaired) electrons. The summed E-state index contributed by atoms with van der Waals surface area (Å²) in [5.41, 5.74) is 0.646. The largest absolute Gasteiger partial charge is 0.488 e. The van der Waals surface area contributed by atoms with Gasteiger partial charge in [-0.15, -0.1) is 0 Å². The van der Waals surface area contributed by atoms with Gasteiger partial charge in [0, 0.05) is 5.56 Å². The number of carbonyl (C=O) groups is 1. The van der Waals surface area contributed by atoms with Crippen LogP contribution in [-0.4, -0.2) is 23.1 Å². The molecular formula is C14H18O3. The highest BCUT2D eigenvalue weighted by molar-refractivity contribution is 5.94. The Morgan fingerprint density at radius 2 is 2.12 bits per heavy atom. The molecular weight excluding hydrogens is 216 g/mol. The van der Waals surface area contributed by atoms with E-state index in [4.69, 9.17) is 4.74 Å². The van der Waals surface area contributed by atoms with Crippen LogP contribution in [0.2, 0.25) is 0 Å². The molecule has 2 atom stereocenters. The van der Waals surface area contributed by atoms with Gasteiger partial charge in [0.1, 0.15) is 11.9 Å². The van der Waals surface area contributed by atoms with Crippen molar-refractivity contribution in [1.82, 2.24) is 0 Å². The number of ether oxygens (including phenoxy) is 1. The maximum Gasteiger partial charge on any atom is 0.159 e. The lowest BCUT2D eigenvalue weighted by Gasteiger charge is -2.28. The van der Waals surface area contributed by atoms with Crippen LogP contribution in [0.5, 0.6) is 5.75 Å². The molecule has 0 bridgehead atoms. The number of hydrogen-bond acceptors (Lipinski definition) is 3. The second kappa shape index (κ2) is 5.32. The van der Waals surface area contributed by atoms with Gasteiger partial charge in [0.05, 0.1) is 6.10 Å². The minimum atomic E-state index is -0.385. The Kier molecular flexibility index (Phi) is 3.79. The van der Waals surface area contributed by atoms with Crippen LogP contribution in [0, 0.1) is 0 Å². The van der Waals surface area contributed by atoms with E-state index in [1.54, 1.807) is 18.2 Å². The molecule has 1 fully saturated rings. The van der Waals surface area contributed by atoms with E-state index in [-0.39, 0.29) is 18.0 Å². The smallest absolute Gasteiger partial charge is 0.159 e. The van der Waals surface area contributed by atoms with Crippen molar-refractivity contribution in [3.8, 4) is 5.75 Å². The van der Waals surface area contributed by atoms with Gasteiger partial charge in [-0.2, -0.15) is 0 Å². The second-order valence-electron chi connectivity index (χ2n) is 4.59. The molecule has 1 saturated carbocycles. The molecule has 0 spiro atoms. The molecule has 17 heavy (non-hydrogen) atoms. The fourth-order valence-corrected chi connectivity index (χ4v) is 2.18. The summed E-state index contributed by atoms with van der Waals surface area (Å²) in [6.07, 6.45) is 3.32. The number of aliphatic hydroxyl groups is 1. The quantitative estimate of drug-likeness (QED) is 0.818. The topological polar surface area (TPSA) is 46.5 Å². The highest BCUT2D eigenvalue weighted by Crippen LogP contribution is 2.24. The average molecular weight is 234 g/mol. The van der Waals surface area contributed by atoms with E-state index in [9.17, 15) is 9.90 Å². The van der Waals surface area contributed by atoms with E-state index in [0.29, 0.717) is 11.3 Å². The molecule has 2 rings (SSSR count). The predicted molar refractivity (Wildman–Crippen MR) is 65.3 cm³/mol. The highest BCUT2D eigenvalue weighted by atomic mass is 16.5. The highest BCUT2D eigenvalue weighted by Gasteiger charge is 2.24. The molecule has 1 aliphatic carbocycles. The van der Waals surface area contributed by atoms with Crippen molar-refractivity contribution < 1.29 is 14.6 Å². The fraction of sp³-hybridized carbons (Fsp3) is 0.500. The summed E-state index contributed by atoms with van der Waals surface area (Å²) in [6.45, 7) is 1.54. The Morgan fingerprint density at radius 1 is 1.35 bits per heavy atom. The standard InChI is InChI=1S/C14H18O3/c1-10(15)11-5-4-6-12(9-11)17-14-8-3-2-7-13(14)16/h4-6,9,13-14,16H,2-3,7-8H2,1H3/t13-,14-/m0/s1. The zero-order valence-electron chi connectivity index (χ0n) is 10.1. The Labute approximate surface area is 101 Å². The van der Waals surface area contributed by atoms with Crippen molar-refractivity contribution in [2.75, 3.05) is 0 Å². The SMILES string of the molecule is CC(=O)c1cccc(O[C@H]2CCCC[C@@H]2O)c1. The van der Waals surface area contributed by atoms with Crippen LogP contribution in [0.25, 0.3) is 0 Å². The zero-order chi connectivity index (χ0) is 12.3. The minimum absolute atomic E-state index is 0.0274. The van der Waals surface area contributed by atoms with E-state index in [1.165, 1.54) is 6.92 Å². The Balaban J connectivity index is 2.07. The summed E-state index contributed by atoms with van der Waals surface area (Å²) < 4.78 is 5.76. The molecule has 3 heteroatoms. The van der Waals surface area contributed by atoms with Crippen molar-refractivity contribution in [1.29, 1.82) is 0 Å². The molecule has 0 aromatic heterocycles. The average Bonchev–Trinajstić information content (AvgIpc) is 2.32. The van der Waals surface area contributed by atoms with Crippen molar-refractivity contribution in [3.05, 3.63) is 29.8 Å². The van der Waals surface area contributed by atoms with E-state index >= 15 is 0 Å². The van der Waals surface area contributed by atoms with Crippen LogP contribution in [0.15, 0.2) is 24.3 Å². The fourth-order valence-electron chi connectivity index (χ4n) is 2.18. The van der Waals surface area contributed by atoms with Crippen molar-refractivity contribution in [2.24, 2.45) is 0 Å². The summed E-state index contributed by atoms with van der Waals surface area (Å²) in [5, 5.41) is 9.82. The van der Waals surface area contributed by atoms with Gasteiger partial charge in [-0.05, 0) is 38.3 Å². The maximum atomic E-state index is 11.2. The number of carbonyl (C=O) groups excluding carboxylic acids is 1. The van der Waals surface area contributed by atoms with Crippen molar-refractivity contribution in [3.63, 3.8) is 0 Å². The van der Waals surface area contributed by atoms with Crippen LogP contribution in [0.3, 0.4) is 0 Å². The lowest BCUT2D eigenvalue weighted by molar-refractivity contribution is 0.00685. The molecule has 0 amide bonds. The number of hydrogen-bond donors (Lipinski definition) is 1. The normalized spacial score (nSPS) is 24.4.